The monoisotopic (exact) mass is 616 g/mol. The van der Waals surface area contributed by atoms with Gasteiger partial charge < -0.3 is 29.1 Å². The van der Waals surface area contributed by atoms with Gasteiger partial charge in [0.1, 0.15) is 28.7 Å². The van der Waals surface area contributed by atoms with E-state index in [4.69, 9.17) is 29.1 Å². The lowest BCUT2D eigenvalue weighted by Crippen LogP contribution is -2.21. The molecule has 0 fully saturated rings. The van der Waals surface area contributed by atoms with E-state index in [0.29, 0.717) is 46.5 Å². The largest absolute Gasteiger partial charge is 0.493 e. The standard InChI is InChI=1S/C32H29BrN2O6/c1-17(2)11-12-38-26-9-5-19(13-28(26)37-4)29-22-8-7-21(15-27(22)41-31(35)24(29)16-34)39-32(36)30-18(3)23-14-20(33)6-10-25(23)40-30/h5-10,13-15,17,29H,11-12,35H2,1-4H3. The molecule has 0 saturated carbocycles. The molecule has 1 atom stereocenters. The van der Waals surface area contributed by atoms with Gasteiger partial charge in [0.2, 0.25) is 11.6 Å². The highest BCUT2D eigenvalue weighted by molar-refractivity contribution is 9.10. The van der Waals surface area contributed by atoms with Crippen molar-refractivity contribution in [3.05, 3.63) is 93.0 Å². The Kier molecular flexibility index (Phi) is 7.95. The number of allylic oxidation sites excluding steroid dienone is 1. The number of nitrogens with zero attached hydrogens (tertiary/aromatic N) is 1. The molecule has 3 aromatic carbocycles. The first-order valence-corrected chi connectivity index (χ1v) is 13.9. The van der Waals surface area contributed by atoms with Gasteiger partial charge in [-0.15, -0.1) is 0 Å². The minimum atomic E-state index is -0.638. The van der Waals surface area contributed by atoms with Gasteiger partial charge in [0.05, 0.1) is 19.6 Å². The van der Waals surface area contributed by atoms with Gasteiger partial charge in [-0.25, -0.2) is 4.79 Å². The minimum Gasteiger partial charge on any atom is -0.493 e. The van der Waals surface area contributed by atoms with E-state index in [9.17, 15) is 10.1 Å². The van der Waals surface area contributed by atoms with E-state index in [1.54, 1.807) is 38.3 Å². The Hall–Kier alpha value is -4.42. The summed E-state index contributed by atoms with van der Waals surface area (Å²) in [5, 5.41) is 10.8. The summed E-state index contributed by atoms with van der Waals surface area (Å²) in [6.45, 7) is 6.64. The quantitative estimate of drug-likeness (QED) is 0.161. The van der Waals surface area contributed by atoms with Crippen molar-refractivity contribution in [2.45, 2.75) is 33.1 Å². The lowest BCUT2D eigenvalue weighted by molar-refractivity contribution is 0.0702. The van der Waals surface area contributed by atoms with Crippen LogP contribution in [0.2, 0.25) is 0 Å². The van der Waals surface area contributed by atoms with Crippen LogP contribution in [0.3, 0.4) is 0 Å². The maximum atomic E-state index is 13.0. The number of hydrogen-bond acceptors (Lipinski definition) is 8. The number of carbonyl (C=O) groups is 1. The smallest absolute Gasteiger partial charge is 0.379 e. The number of aryl methyl sites for hydroxylation is 1. The zero-order valence-corrected chi connectivity index (χ0v) is 24.7. The molecule has 5 rings (SSSR count). The first kappa shape index (κ1) is 28.1. The van der Waals surface area contributed by atoms with E-state index in [1.807, 2.05) is 30.3 Å². The van der Waals surface area contributed by atoms with Crippen molar-refractivity contribution in [3.63, 3.8) is 0 Å². The normalized spacial score (nSPS) is 14.4. The summed E-state index contributed by atoms with van der Waals surface area (Å²) in [6.07, 6.45) is 0.913. The number of benzene rings is 3. The van der Waals surface area contributed by atoms with Crippen LogP contribution in [-0.2, 0) is 0 Å². The molecule has 0 radical (unpaired) electrons. The highest BCUT2D eigenvalue weighted by Crippen LogP contribution is 2.45. The molecular weight excluding hydrogens is 588 g/mol. The van der Waals surface area contributed by atoms with E-state index in [-0.39, 0.29) is 23.0 Å². The van der Waals surface area contributed by atoms with E-state index in [0.717, 1.165) is 21.8 Å². The number of nitrogens with two attached hydrogens (primary N) is 1. The molecule has 2 N–H and O–H groups in total. The van der Waals surface area contributed by atoms with Crippen LogP contribution in [0.4, 0.5) is 0 Å². The molecule has 1 aromatic heterocycles. The van der Waals surface area contributed by atoms with Crippen LogP contribution in [0.15, 0.2) is 74.9 Å². The number of hydrogen-bond donors (Lipinski definition) is 1. The van der Waals surface area contributed by atoms with Crippen molar-refractivity contribution < 1.29 is 28.2 Å². The molecule has 1 unspecified atom stereocenters. The molecule has 0 bridgehead atoms. The van der Waals surface area contributed by atoms with E-state index in [1.165, 1.54) is 0 Å². The fourth-order valence-electron chi connectivity index (χ4n) is 4.77. The third-order valence-corrected chi connectivity index (χ3v) is 7.45. The molecule has 1 aliphatic rings. The van der Waals surface area contributed by atoms with Crippen molar-refractivity contribution in [1.82, 2.24) is 0 Å². The molecule has 0 amide bonds. The first-order chi connectivity index (χ1) is 19.7. The summed E-state index contributed by atoms with van der Waals surface area (Å²) in [7, 11) is 1.57. The van der Waals surface area contributed by atoms with Gasteiger partial charge in [0.15, 0.2) is 11.5 Å². The van der Waals surface area contributed by atoms with Crippen LogP contribution < -0.4 is 24.7 Å². The topological polar surface area (TPSA) is 117 Å². The average Bonchev–Trinajstić information content (AvgIpc) is 3.27. The van der Waals surface area contributed by atoms with Gasteiger partial charge in [-0.3, -0.25) is 0 Å². The molecule has 0 saturated heterocycles. The maximum Gasteiger partial charge on any atom is 0.379 e. The highest BCUT2D eigenvalue weighted by Gasteiger charge is 2.32. The lowest BCUT2D eigenvalue weighted by atomic mass is 9.83. The zero-order chi connectivity index (χ0) is 29.3. The SMILES string of the molecule is COc1cc(C2C(C#N)=C(N)Oc3cc(OC(=O)c4oc5ccc(Br)cc5c4C)ccc32)ccc1OCCC(C)C. The summed E-state index contributed by atoms with van der Waals surface area (Å²) in [5.41, 5.74) is 9.19. The van der Waals surface area contributed by atoms with E-state index >= 15 is 0 Å². The second-order valence-electron chi connectivity index (χ2n) is 10.2. The Labute approximate surface area is 246 Å². The number of fused-ring (bicyclic) bond motifs is 2. The van der Waals surface area contributed by atoms with Crippen molar-refractivity contribution in [3.8, 4) is 29.1 Å². The summed E-state index contributed by atoms with van der Waals surface area (Å²) in [5.74, 6) is 1.23. The molecule has 1 aliphatic heterocycles. The van der Waals surface area contributed by atoms with E-state index < -0.39 is 11.9 Å². The van der Waals surface area contributed by atoms with Gasteiger partial charge >= 0.3 is 5.97 Å². The fourth-order valence-corrected chi connectivity index (χ4v) is 5.13. The maximum absolute atomic E-state index is 13.0. The van der Waals surface area contributed by atoms with Gasteiger partial charge in [-0.05, 0) is 61.2 Å². The van der Waals surface area contributed by atoms with Crippen molar-refractivity contribution in [1.29, 1.82) is 5.26 Å². The summed E-state index contributed by atoms with van der Waals surface area (Å²) in [6, 6.07) is 18.3. The van der Waals surface area contributed by atoms with Crippen molar-refractivity contribution >= 4 is 32.9 Å². The molecule has 2 heterocycles. The Bertz CT molecular complexity index is 1720. The van der Waals surface area contributed by atoms with Gasteiger partial charge in [0, 0.05) is 27.1 Å². The van der Waals surface area contributed by atoms with Crippen molar-refractivity contribution in [2.24, 2.45) is 11.7 Å². The number of furan rings is 1. The van der Waals surface area contributed by atoms with Gasteiger partial charge in [-0.2, -0.15) is 5.26 Å². The lowest BCUT2D eigenvalue weighted by Gasteiger charge is -2.27. The predicted molar refractivity (Wildman–Crippen MR) is 157 cm³/mol. The zero-order valence-electron chi connectivity index (χ0n) is 23.1. The van der Waals surface area contributed by atoms with Gasteiger partial charge in [-0.1, -0.05) is 41.9 Å². The first-order valence-electron chi connectivity index (χ1n) is 13.1. The second kappa shape index (κ2) is 11.6. The minimum absolute atomic E-state index is 0.0246. The van der Waals surface area contributed by atoms with Crippen LogP contribution in [-0.4, -0.2) is 19.7 Å². The number of rotatable bonds is 8. The third-order valence-electron chi connectivity index (χ3n) is 6.96. The number of nitriles is 1. The molecule has 9 heteroatoms. The van der Waals surface area contributed by atoms with Gasteiger partial charge in [0.25, 0.3) is 0 Å². The Balaban J connectivity index is 1.45. The van der Waals surface area contributed by atoms with Crippen LogP contribution in [0, 0.1) is 24.2 Å². The Morgan fingerprint density at radius 1 is 1.12 bits per heavy atom. The third kappa shape index (κ3) is 5.61. The molecule has 41 heavy (non-hydrogen) atoms. The summed E-state index contributed by atoms with van der Waals surface area (Å²) >= 11 is 3.44. The molecular formula is C32H29BrN2O6. The van der Waals surface area contributed by atoms with Crippen LogP contribution in [0.1, 0.15) is 53.4 Å². The fraction of sp³-hybridized carbons (Fsp3) is 0.250. The molecule has 0 spiro atoms. The Morgan fingerprint density at radius 2 is 1.93 bits per heavy atom. The number of carbonyl (C=O) groups excluding carboxylic acids is 1. The molecule has 210 valence electrons. The number of methoxy groups -OCH3 is 1. The summed E-state index contributed by atoms with van der Waals surface area (Å²) in [4.78, 5) is 13.0. The molecule has 4 aromatic rings. The number of esters is 1. The number of ether oxygens (including phenoxy) is 4. The van der Waals surface area contributed by atoms with E-state index in [2.05, 4.69) is 35.8 Å². The van der Waals surface area contributed by atoms with Crippen molar-refractivity contribution in [2.75, 3.05) is 13.7 Å². The molecule has 0 aliphatic carbocycles. The second-order valence-corrected chi connectivity index (χ2v) is 11.1. The average molecular weight is 617 g/mol. The Morgan fingerprint density at radius 3 is 2.66 bits per heavy atom. The van der Waals surface area contributed by atoms with Crippen LogP contribution in [0.5, 0.6) is 23.0 Å². The van der Waals surface area contributed by atoms with Crippen LogP contribution in [0.25, 0.3) is 11.0 Å². The number of halogens is 1. The predicted octanol–water partition coefficient (Wildman–Crippen LogP) is 7.37. The highest BCUT2D eigenvalue weighted by atomic mass is 79.9. The molecule has 8 nitrogen and oxygen atoms in total. The summed E-state index contributed by atoms with van der Waals surface area (Å²) < 4.78 is 29.7. The van der Waals surface area contributed by atoms with Crippen LogP contribution >= 0.6 is 15.9 Å².